The van der Waals surface area contributed by atoms with Crippen LogP contribution in [0.2, 0.25) is 0 Å². The number of halogens is 1. The zero-order chi connectivity index (χ0) is 19.6. The quantitative estimate of drug-likeness (QED) is 0.304. The fraction of sp³-hybridized carbons (Fsp3) is 0.409. The van der Waals surface area contributed by atoms with E-state index in [0.717, 1.165) is 37.0 Å². The fourth-order valence-electron chi connectivity index (χ4n) is 2.99. The molecule has 1 aliphatic heterocycles. The van der Waals surface area contributed by atoms with Gasteiger partial charge in [0.2, 0.25) is 6.79 Å². The molecule has 0 amide bonds. The van der Waals surface area contributed by atoms with Crippen LogP contribution in [-0.2, 0) is 24.3 Å². The first kappa shape index (κ1) is 23.3. The Morgan fingerprint density at radius 1 is 1.03 bits per heavy atom. The van der Waals surface area contributed by atoms with Gasteiger partial charge < -0.3 is 24.8 Å². The van der Waals surface area contributed by atoms with Crippen molar-refractivity contribution in [3.8, 4) is 11.5 Å². The van der Waals surface area contributed by atoms with E-state index in [0.29, 0.717) is 26.6 Å². The average Bonchev–Trinajstić information content (AvgIpc) is 3.19. The first-order valence-electron chi connectivity index (χ1n) is 9.85. The summed E-state index contributed by atoms with van der Waals surface area (Å²) >= 11 is 0. The van der Waals surface area contributed by atoms with E-state index in [2.05, 4.69) is 35.8 Å². The molecule has 158 valence electrons. The third-order valence-corrected chi connectivity index (χ3v) is 4.47. The van der Waals surface area contributed by atoms with Crippen molar-refractivity contribution >= 4 is 29.9 Å². The van der Waals surface area contributed by atoms with Gasteiger partial charge >= 0.3 is 0 Å². The molecule has 0 spiro atoms. The molecule has 0 saturated carbocycles. The summed E-state index contributed by atoms with van der Waals surface area (Å²) in [5, 5.41) is 6.71. The number of hydrogen-bond acceptors (Lipinski definition) is 4. The van der Waals surface area contributed by atoms with Crippen LogP contribution in [0.4, 0.5) is 0 Å². The number of hydrogen-bond donors (Lipinski definition) is 2. The van der Waals surface area contributed by atoms with Crippen molar-refractivity contribution in [1.29, 1.82) is 0 Å². The Morgan fingerprint density at radius 3 is 2.62 bits per heavy atom. The Hall–Kier alpha value is -2.00. The summed E-state index contributed by atoms with van der Waals surface area (Å²) < 4.78 is 16.4. The highest BCUT2D eigenvalue weighted by Crippen LogP contribution is 2.32. The van der Waals surface area contributed by atoms with Crippen molar-refractivity contribution < 1.29 is 14.2 Å². The standard InChI is InChI=1S/C22H29N3O3.HI/c1-3-23-22(25-14-18-7-5-6-8-19(18)15-26-4-2)24-12-11-17-9-10-20-21(13-17)28-16-27-20;/h5-10,13H,3-4,11-12,14-16H2,1-2H3,(H2,23,24,25);1H. The van der Waals surface area contributed by atoms with Crippen molar-refractivity contribution in [2.75, 3.05) is 26.5 Å². The van der Waals surface area contributed by atoms with E-state index in [1.807, 2.05) is 31.2 Å². The van der Waals surface area contributed by atoms with Crippen LogP contribution in [0.1, 0.15) is 30.5 Å². The number of aliphatic imine (C=N–C) groups is 1. The minimum absolute atomic E-state index is 0. The number of ether oxygens (including phenoxy) is 3. The minimum Gasteiger partial charge on any atom is -0.454 e. The molecule has 0 radical (unpaired) electrons. The molecular formula is C22H30IN3O3. The normalized spacial score (nSPS) is 12.4. The first-order valence-corrected chi connectivity index (χ1v) is 9.85. The van der Waals surface area contributed by atoms with E-state index in [-0.39, 0.29) is 24.0 Å². The Bertz CT molecular complexity index is 799. The fourth-order valence-corrected chi connectivity index (χ4v) is 2.99. The summed E-state index contributed by atoms with van der Waals surface area (Å²) in [5.41, 5.74) is 3.57. The third-order valence-electron chi connectivity index (χ3n) is 4.47. The van der Waals surface area contributed by atoms with Crippen LogP contribution in [0, 0.1) is 0 Å². The monoisotopic (exact) mass is 511 g/mol. The van der Waals surface area contributed by atoms with Crippen molar-refractivity contribution in [3.05, 3.63) is 59.2 Å². The van der Waals surface area contributed by atoms with Gasteiger partial charge in [0.25, 0.3) is 0 Å². The van der Waals surface area contributed by atoms with Crippen LogP contribution < -0.4 is 20.1 Å². The summed E-state index contributed by atoms with van der Waals surface area (Å²) in [4.78, 5) is 4.74. The number of rotatable bonds is 9. The molecule has 0 aliphatic carbocycles. The zero-order valence-electron chi connectivity index (χ0n) is 17.1. The SMILES string of the molecule is CCNC(=NCc1ccccc1COCC)NCCc1ccc2c(c1)OCO2.I. The average molecular weight is 511 g/mol. The Balaban J connectivity index is 0.00000300. The summed E-state index contributed by atoms with van der Waals surface area (Å²) in [6.07, 6.45) is 0.877. The molecule has 2 aromatic carbocycles. The third kappa shape index (κ3) is 7.08. The van der Waals surface area contributed by atoms with Crippen molar-refractivity contribution in [1.82, 2.24) is 10.6 Å². The van der Waals surface area contributed by atoms with Gasteiger partial charge in [0.15, 0.2) is 17.5 Å². The van der Waals surface area contributed by atoms with Gasteiger partial charge in [-0.05, 0) is 49.1 Å². The van der Waals surface area contributed by atoms with Crippen molar-refractivity contribution in [2.24, 2.45) is 4.99 Å². The second-order valence-corrected chi connectivity index (χ2v) is 6.47. The number of nitrogens with zero attached hydrogens (tertiary/aromatic N) is 1. The lowest BCUT2D eigenvalue weighted by Gasteiger charge is -2.13. The van der Waals surface area contributed by atoms with Crippen molar-refractivity contribution in [3.63, 3.8) is 0 Å². The summed E-state index contributed by atoms with van der Waals surface area (Å²) in [7, 11) is 0. The van der Waals surface area contributed by atoms with Gasteiger partial charge in [-0.25, -0.2) is 4.99 Å². The molecule has 0 saturated heterocycles. The molecule has 6 nitrogen and oxygen atoms in total. The molecule has 1 heterocycles. The molecule has 0 aromatic heterocycles. The molecule has 3 rings (SSSR count). The lowest BCUT2D eigenvalue weighted by atomic mass is 10.1. The van der Waals surface area contributed by atoms with E-state index in [1.165, 1.54) is 16.7 Å². The number of guanidine groups is 1. The zero-order valence-corrected chi connectivity index (χ0v) is 19.4. The molecule has 29 heavy (non-hydrogen) atoms. The highest BCUT2D eigenvalue weighted by molar-refractivity contribution is 14.0. The van der Waals surface area contributed by atoms with E-state index in [1.54, 1.807) is 0 Å². The highest BCUT2D eigenvalue weighted by atomic mass is 127. The van der Waals surface area contributed by atoms with Gasteiger partial charge in [0.1, 0.15) is 0 Å². The smallest absolute Gasteiger partial charge is 0.231 e. The molecule has 2 aromatic rings. The Labute approximate surface area is 190 Å². The largest absolute Gasteiger partial charge is 0.454 e. The molecule has 7 heteroatoms. The molecule has 0 unspecified atom stereocenters. The van der Waals surface area contributed by atoms with Gasteiger partial charge in [-0.2, -0.15) is 0 Å². The highest BCUT2D eigenvalue weighted by Gasteiger charge is 2.13. The van der Waals surface area contributed by atoms with Crippen LogP contribution >= 0.6 is 24.0 Å². The topological polar surface area (TPSA) is 64.1 Å². The molecular weight excluding hydrogens is 481 g/mol. The second-order valence-electron chi connectivity index (χ2n) is 6.47. The van der Waals surface area contributed by atoms with Gasteiger partial charge in [-0.1, -0.05) is 30.3 Å². The van der Waals surface area contributed by atoms with Gasteiger partial charge in [0, 0.05) is 19.7 Å². The van der Waals surface area contributed by atoms with E-state index < -0.39 is 0 Å². The molecule has 0 fully saturated rings. The summed E-state index contributed by atoms with van der Waals surface area (Å²) in [6, 6.07) is 14.4. The van der Waals surface area contributed by atoms with Crippen LogP contribution in [0.25, 0.3) is 0 Å². The molecule has 0 bridgehead atoms. The number of nitrogens with one attached hydrogen (secondary N) is 2. The van der Waals surface area contributed by atoms with E-state index in [9.17, 15) is 0 Å². The minimum atomic E-state index is 0. The Morgan fingerprint density at radius 2 is 1.83 bits per heavy atom. The lowest BCUT2D eigenvalue weighted by molar-refractivity contribution is 0.133. The van der Waals surface area contributed by atoms with E-state index >= 15 is 0 Å². The summed E-state index contributed by atoms with van der Waals surface area (Å²) in [5.74, 6) is 2.45. The van der Waals surface area contributed by atoms with Crippen LogP contribution in [-0.4, -0.2) is 32.4 Å². The van der Waals surface area contributed by atoms with E-state index in [4.69, 9.17) is 19.2 Å². The maximum atomic E-state index is 5.56. The number of fused-ring (bicyclic) bond motifs is 1. The predicted octanol–water partition coefficient (Wildman–Crippen LogP) is 3.87. The maximum absolute atomic E-state index is 5.56. The second kappa shape index (κ2) is 12.5. The maximum Gasteiger partial charge on any atom is 0.231 e. The molecule has 2 N–H and O–H groups in total. The first-order chi connectivity index (χ1) is 13.8. The van der Waals surface area contributed by atoms with Crippen LogP contribution in [0.15, 0.2) is 47.5 Å². The van der Waals surface area contributed by atoms with Gasteiger partial charge in [-0.15, -0.1) is 24.0 Å². The molecule has 1 aliphatic rings. The van der Waals surface area contributed by atoms with Gasteiger partial charge in [-0.3, -0.25) is 0 Å². The van der Waals surface area contributed by atoms with Crippen LogP contribution in [0.3, 0.4) is 0 Å². The Kier molecular flexibility index (Phi) is 10.1. The van der Waals surface area contributed by atoms with Crippen LogP contribution in [0.5, 0.6) is 11.5 Å². The lowest BCUT2D eigenvalue weighted by Crippen LogP contribution is -2.38. The molecule has 0 atom stereocenters. The number of benzene rings is 2. The predicted molar refractivity (Wildman–Crippen MR) is 126 cm³/mol. The summed E-state index contributed by atoms with van der Waals surface area (Å²) in [6.45, 7) is 7.92. The van der Waals surface area contributed by atoms with Crippen molar-refractivity contribution in [2.45, 2.75) is 33.4 Å². The van der Waals surface area contributed by atoms with Gasteiger partial charge in [0.05, 0.1) is 13.2 Å².